The molecule has 3 heterocycles. The lowest BCUT2D eigenvalue weighted by Gasteiger charge is -2.26. The molecule has 0 aliphatic carbocycles. The van der Waals surface area contributed by atoms with Crippen LogP contribution in [0.3, 0.4) is 0 Å². The smallest absolute Gasteiger partial charge is 0.328 e. The minimum atomic E-state index is -0.699. The maximum Gasteiger partial charge on any atom is 0.328 e. The van der Waals surface area contributed by atoms with Gasteiger partial charge in [0.2, 0.25) is 0 Å². The van der Waals surface area contributed by atoms with Gasteiger partial charge in [-0.15, -0.1) is 5.06 Å². The maximum atomic E-state index is 12.7. The van der Waals surface area contributed by atoms with Crippen LogP contribution in [0.25, 0.3) is 0 Å². The third kappa shape index (κ3) is 4.50. The van der Waals surface area contributed by atoms with Crippen molar-refractivity contribution >= 4 is 11.8 Å². The van der Waals surface area contributed by atoms with Gasteiger partial charge in [0.1, 0.15) is 0 Å². The van der Waals surface area contributed by atoms with Crippen LogP contribution in [0.1, 0.15) is 45.5 Å². The molecule has 1 N–H and O–H groups in total. The summed E-state index contributed by atoms with van der Waals surface area (Å²) in [6, 6.07) is 6.48. The van der Waals surface area contributed by atoms with E-state index in [1.54, 1.807) is 24.3 Å². The monoisotopic (exact) mass is 429 g/mol. The summed E-state index contributed by atoms with van der Waals surface area (Å²) in [5, 5.41) is 0.744. The van der Waals surface area contributed by atoms with Crippen LogP contribution in [0.5, 0.6) is 0 Å². The first-order chi connectivity index (χ1) is 14.9. The average molecular weight is 429 g/mol. The Morgan fingerprint density at radius 1 is 1.10 bits per heavy atom. The molecule has 0 saturated carbocycles. The topological polar surface area (TPSA) is 120 Å². The number of aryl methyl sites for hydroxylation is 1. The number of fused-ring (bicyclic) bond motifs is 1. The van der Waals surface area contributed by atoms with Crippen molar-refractivity contribution in [3.63, 3.8) is 0 Å². The third-order valence-electron chi connectivity index (χ3n) is 5.26. The van der Waals surface area contributed by atoms with Crippen LogP contribution in [-0.4, -0.2) is 52.0 Å². The van der Waals surface area contributed by atoms with E-state index in [9.17, 15) is 19.2 Å². The molecule has 10 heteroatoms. The van der Waals surface area contributed by atoms with Gasteiger partial charge in [-0.2, -0.15) is 0 Å². The molecule has 1 aromatic carbocycles. The Morgan fingerprint density at radius 2 is 1.74 bits per heavy atom. The molecule has 0 radical (unpaired) electrons. The standard InChI is InChI=1S/C21H23N3O7/c1-23-12-13(18(25)22-21(23)28)11-14(7-8-17-29-9-4-10-30-17)31-24-19(26)15-5-2-3-6-16(15)20(24)27/h2-3,5-6,12,14,17H,4,7-11H2,1H3,(H,22,25,28). The molecule has 2 amide bonds. The van der Waals surface area contributed by atoms with Crippen molar-refractivity contribution < 1.29 is 23.9 Å². The number of aromatic nitrogens is 2. The largest absolute Gasteiger partial charge is 0.353 e. The molecular weight excluding hydrogens is 406 g/mol. The van der Waals surface area contributed by atoms with E-state index in [-0.39, 0.29) is 17.5 Å². The van der Waals surface area contributed by atoms with Gasteiger partial charge < -0.3 is 14.0 Å². The number of carbonyl (C=O) groups excluding carboxylic acids is 2. The van der Waals surface area contributed by atoms with Gasteiger partial charge in [-0.3, -0.25) is 24.2 Å². The van der Waals surface area contributed by atoms with Crippen molar-refractivity contribution in [1.29, 1.82) is 0 Å². The molecule has 0 bridgehead atoms. The molecule has 2 aliphatic heterocycles. The highest BCUT2D eigenvalue weighted by molar-refractivity contribution is 6.20. The van der Waals surface area contributed by atoms with Crippen molar-refractivity contribution in [2.45, 2.75) is 38.1 Å². The van der Waals surface area contributed by atoms with E-state index in [1.807, 2.05) is 0 Å². The van der Waals surface area contributed by atoms with Crippen molar-refractivity contribution in [3.05, 3.63) is 68.0 Å². The Morgan fingerprint density at radius 3 is 2.39 bits per heavy atom. The molecule has 1 unspecified atom stereocenters. The summed E-state index contributed by atoms with van der Waals surface area (Å²) in [6.07, 6.45) is 2.03. The van der Waals surface area contributed by atoms with Gasteiger partial charge >= 0.3 is 5.69 Å². The lowest BCUT2D eigenvalue weighted by atomic mass is 10.1. The number of nitrogens with one attached hydrogen (secondary N) is 1. The molecule has 10 nitrogen and oxygen atoms in total. The Bertz CT molecular complexity index is 1070. The zero-order valence-electron chi connectivity index (χ0n) is 17.0. The number of benzene rings is 1. The molecule has 1 saturated heterocycles. The number of imide groups is 1. The molecule has 1 fully saturated rings. The summed E-state index contributed by atoms with van der Waals surface area (Å²) in [4.78, 5) is 57.3. The van der Waals surface area contributed by atoms with Crippen LogP contribution in [-0.2, 0) is 27.8 Å². The molecule has 2 aliphatic rings. The highest BCUT2D eigenvalue weighted by Crippen LogP contribution is 2.25. The SMILES string of the molecule is Cn1cc(CC(CCC2OCCCO2)ON2C(=O)c3ccccc3C2=O)c(=O)[nH]c1=O. The second-order valence-corrected chi connectivity index (χ2v) is 7.51. The van der Waals surface area contributed by atoms with Crippen LogP contribution in [0.2, 0.25) is 0 Å². The van der Waals surface area contributed by atoms with E-state index >= 15 is 0 Å². The number of H-pyrrole nitrogens is 1. The summed E-state index contributed by atoms with van der Waals surface area (Å²) >= 11 is 0. The van der Waals surface area contributed by atoms with E-state index in [2.05, 4.69) is 4.98 Å². The van der Waals surface area contributed by atoms with Gasteiger partial charge in [-0.1, -0.05) is 12.1 Å². The van der Waals surface area contributed by atoms with Crippen molar-refractivity contribution in [2.75, 3.05) is 13.2 Å². The zero-order valence-corrected chi connectivity index (χ0v) is 17.0. The van der Waals surface area contributed by atoms with E-state index in [0.717, 1.165) is 11.5 Å². The van der Waals surface area contributed by atoms with E-state index in [0.29, 0.717) is 31.6 Å². The summed E-state index contributed by atoms with van der Waals surface area (Å²) in [7, 11) is 1.52. The van der Waals surface area contributed by atoms with Crippen LogP contribution in [0.15, 0.2) is 40.1 Å². The molecule has 1 atom stereocenters. The predicted molar refractivity (Wildman–Crippen MR) is 107 cm³/mol. The number of hydrogen-bond donors (Lipinski definition) is 1. The normalized spacial score (nSPS) is 17.8. The molecule has 0 spiro atoms. The Labute approximate surface area is 177 Å². The summed E-state index contributed by atoms with van der Waals surface area (Å²) < 4.78 is 12.4. The zero-order chi connectivity index (χ0) is 22.0. The minimum absolute atomic E-state index is 0.0869. The van der Waals surface area contributed by atoms with Gasteiger partial charge in [-0.05, 0) is 25.0 Å². The van der Waals surface area contributed by atoms with Crippen LogP contribution >= 0.6 is 0 Å². The lowest BCUT2D eigenvalue weighted by molar-refractivity contribution is -0.190. The average Bonchev–Trinajstić information content (AvgIpc) is 3.01. The highest BCUT2D eigenvalue weighted by Gasteiger charge is 2.38. The third-order valence-corrected chi connectivity index (χ3v) is 5.26. The summed E-state index contributed by atoms with van der Waals surface area (Å²) in [5.74, 6) is -1.10. The number of hydroxylamine groups is 2. The fraction of sp³-hybridized carbons (Fsp3) is 0.429. The van der Waals surface area contributed by atoms with Gasteiger partial charge in [0.15, 0.2) is 6.29 Å². The first-order valence-electron chi connectivity index (χ1n) is 10.1. The van der Waals surface area contributed by atoms with Crippen molar-refractivity contribution in [3.8, 4) is 0 Å². The molecule has 31 heavy (non-hydrogen) atoms. The molecule has 1 aromatic heterocycles. The van der Waals surface area contributed by atoms with E-state index < -0.39 is 35.5 Å². The summed E-state index contributed by atoms with van der Waals surface area (Å²) in [5.41, 5.74) is -0.232. The number of aromatic amines is 1. The fourth-order valence-electron chi connectivity index (χ4n) is 3.64. The number of ether oxygens (including phenoxy) is 2. The van der Waals surface area contributed by atoms with Gasteiger partial charge in [-0.25, -0.2) is 4.79 Å². The first-order valence-corrected chi connectivity index (χ1v) is 10.1. The van der Waals surface area contributed by atoms with Crippen molar-refractivity contribution in [1.82, 2.24) is 14.6 Å². The number of rotatable bonds is 7. The molecule has 4 rings (SSSR count). The first kappa shape index (κ1) is 21.2. The Balaban J connectivity index is 1.54. The maximum absolute atomic E-state index is 12.7. The summed E-state index contributed by atoms with van der Waals surface area (Å²) in [6.45, 7) is 1.18. The van der Waals surface area contributed by atoms with Gasteiger partial charge in [0.05, 0.1) is 30.4 Å². The molecule has 164 valence electrons. The van der Waals surface area contributed by atoms with Crippen molar-refractivity contribution in [2.24, 2.45) is 7.05 Å². The highest BCUT2D eigenvalue weighted by atomic mass is 16.7. The Hall–Kier alpha value is -3.08. The number of nitrogens with zero attached hydrogens (tertiary/aromatic N) is 2. The molecular formula is C21H23N3O7. The van der Waals surface area contributed by atoms with Crippen LogP contribution < -0.4 is 11.2 Å². The van der Waals surface area contributed by atoms with E-state index in [4.69, 9.17) is 14.3 Å². The quantitative estimate of drug-likeness (QED) is 0.645. The second-order valence-electron chi connectivity index (χ2n) is 7.51. The number of hydrogen-bond acceptors (Lipinski definition) is 7. The number of amides is 2. The predicted octanol–water partition coefficient (Wildman–Crippen LogP) is 0.756. The fourth-order valence-corrected chi connectivity index (χ4v) is 3.64. The second kappa shape index (κ2) is 8.96. The minimum Gasteiger partial charge on any atom is -0.353 e. The Kier molecular flexibility index (Phi) is 6.12. The van der Waals surface area contributed by atoms with Crippen LogP contribution in [0.4, 0.5) is 0 Å². The molecule has 2 aromatic rings. The lowest BCUT2D eigenvalue weighted by Crippen LogP contribution is -2.38. The van der Waals surface area contributed by atoms with Gasteiger partial charge in [0, 0.05) is 31.6 Å². The van der Waals surface area contributed by atoms with Gasteiger partial charge in [0.25, 0.3) is 17.4 Å². The van der Waals surface area contributed by atoms with Crippen LogP contribution in [0, 0.1) is 0 Å². The van der Waals surface area contributed by atoms with E-state index in [1.165, 1.54) is 17.8 Å². The number of carbonyl (C=O) groups is 2.